The molecule has 4 aromatic carbocycles. The minimum atomic E-state index is -1.74. The SMILES string of the molecule is COc1ccc([C@@H]2[C@@H](C(=O)c3ccccc3Cl)N3c4ccc(F)cc4C=C[C@@H]3C23C(=O)c2ccccc2C3=O)c(OC)c1. The number of hydrogen-bond donors (Lipinski definition) is 0. The Hall–Kier alpha value is -4.75. The van der Waals surface area contributed by atoms with Crippen LogP contribution >= 0.6 is 11.6 Å². The Morgan fingerprint density at radius 2 is 1.58 bits per heavy atom. The average Bonchev–Trinajstić information content (AvgIpc) is 3.46. The summed E-state index contributed by atoms with van der Waals surface area (Å²) in [4.78, 5) is 46.2. The molecule has 0 aromatic heterocycles. The van der Waals surface area contributed by atoms with Crippen molar-refractivity contribution in [2.75, 3.05) is 19.1 Å². The topological polar surface area (TPSA) is 72.9 Å². The average molecular weight is 594 g/mol. The second-order valence-corrected chi connectivity index (χ2v) is 11.3. The normalized spacial score (nSPS) is 21.0. The van der Waals surface area contributed by atoms with Crippen molar-refractivity contribution >= 4 is 40.7 Å². The highest BCUT2D eigenvalue weighted by molar-refractivity contribution is 6.35. The highest BCUT2D eigenvalue weighted by Crippen LogP contribution is 2.62. The van der Waals surface area contributed by atoms with Crippen LogP contribution in [-0.2, 0) is 0 Å². The number of nitrogens with zero attached hydrogens (tertiary/aromatic N) is 1. The van der Waals surface area contributed by atoms with E-state index in [0.717, 1.165) is 0 Å². The second kappa shape index (κ2) is 9.92. The van der Waals surface area contributed by atoms with Crippen LogP contribution in [-0.4, -0.2) is 43.7 Å². The number of Topliss-reactive ketones (excluding diaryl/α,β-unsaturated/α-hetero) is 3. The summed E-state index contributed by atoms with van der Waals surface area (Å²) in [5, 5.41) is 0.240. The van der Waals surface area contributed by atoms with E-state index in [4.69, 9.17) is 21.1 Å². The summed E-state index contributed by atoms with van der Waals surface area (Å²) in [6, 6.07) is 20.9. The number of ketones is 3. The Bertz CT molecular complexity index is 1850. The van der Waals surface area contributed by atoms with Gasteiger partial charge in [0.15, 0.2) is 17.3 Å². The van der Waals surface area contributed by atoms with Crippen LogP contribution < -0.4 is 14.4 Å². The fourth-order valence-electron chi connectivity index (χ4n) is 7.19. The molecular weight excluding hydrogens is 569 g/mol. The van der Waals surface area contributed by atoms with Gasteiger partial charge in [-0.05, 0) is 36.4 Å². The number of methoxy groups -OCH3 is 2. The molecule has 1 fully saturated rings. The van der Waals surface area contributed by atoms with Crippen molar-refractivity contribution in [2.24, 2.45) is 5.41 Å². The maximum atomic E-state index is 14.8. The highest BCUT2D eigenvalue weighted by atomic mass is 35.5. The van der Waals surface area contributed by atoms with E-state index in [0.29, 0.717) is 39.4 Å². The van der Waals surface area contributed by atoms with E-state index >= 15 is 0 Å². The lowest BCUT2D eigenvalue weighted by Gasteiger charge is -2.37. The summed E-state index contributed by atoms with van der Waals surface area (Å²) in [6.07, 6.45) is 3.46. The first kappa shape index (κ1) is 27.1. The van der Waals surface area contributed by atoms with Gasteiger partial charge in [-0.1, -0.05) is 66.2 Å². The number of ether oxygens (including phenoxy) is 2. The summed E-state index contributed by atoms with van der Waals surface area (Å²) in [6.45, 7) is 0. The molecule has 0 saturated carbocycles. The van der Waals surface area contributed by atoms with E-state index < -0.39 is 29.2 Å². The van der Waals surface area contributed by atoms with Crippen LogP contribution in [0.4, 0.5) is 10.1 Å². The molecule has 0 amide bonds. The molecule has 3 aliphatic rings. The van der Waals surface area contributed by atoms with Crippen LogP contribution in [0.2, 0.25) is 5.02 Å². The van der Waals surface area contributed by atoms with Crippen molar-refractivity contribution in [3.05, 3.63) is 130 Å². The van der Waals surface area contributed by atoms with Gasteiger partial charge in [0.1, 0.15) is 28.8 Å². The third kappa shape index (κ3) is 3.67. The van der Waals surface area contributed by atoms with Crippen molar-refractivity contribution in [1.82, 2.24) is 0 Å². The molecular formula is C35H25ClFNO5. The van der Waals surface area contributed by atoms with E-state index in [1.807, 2.05) is 0 Å². The number of carbonyl (C=O) groups is 3. The van der Waals surface area contributed by atoms with Gasteiger partial charge in [0, 0.05) is 45.5 Å². The molecule has 8 heteroatoms. The molecule has 4 aromatic rings. The summed E-state index contributed by atoms with van der Waals surface area (Å²) in [5.74, 6) is -1.73. The van der Waals surface area contributed by atoms with Gasteiger partial charge >= 0.3 is 0 Å². The molecule has 1 saturated heterocycles. The molecule has 6 nitrogen and oxygen atoms in total. The predicted molar refractivity (Wildman–Crippen MR) is 161 cm³/mol. The van der Waals surface area contributed by atoms with Crippen molar-refractivity contribution in [1.29, 1.82) is 0 Å². The number of rotatable bonds is 5. The lowest BCUT2D eigenvalue weighted by Crippen LogP contribution is -2.48. The standard InChI is InChI=1S/C35H25ClFNO5/c1-42-21-13-14-25(28(18-21)43-2)30-31(32(39)24-9-5-6-10-26(24)36)38-27-15-12-20(37)17-19(27)11-16-29(38)35(30)33(40)22-7-3-4-8-23(22)34(35)41/h3-18,29-31H,1-2H3/t29-,30-,31+/m1/s1. The van der Waals surface area contributed by atoms with Crippen LogP contribution in [0, 0.1) is 11.2 Å². The minimum Gasteiger partial charge on any atom is -0.497 e. The first-order valence-electron chi connectivity index (χ1n) is 13.8. The molecule has 0 radical (unpaired) electrons. The Kier molecular flexibility index (Phi) is 6.25. The maximum Gasteiger partial charge on any atom is 0.187 e. The van der Waals surface area contributed by atoms with Gasteiger partial charge in [-0.2, -0.15) is 0 Å². The largest absolute Gasteiger partial charge is 0.497 e. The van der Waals surface area contributed by atoms with E-state index in [2.05, 4.69) is 0 Å². The van der Waals surface area contributed by atoms with Crippen LogP contribution in [0.25, 0.3) is 6.08 Å². The maximum absolute atomic E-state index is 14.8. The number of benzene rings is 4. The van der Waals surface area contributed by atoms with E-state index in [1.54, 1.807) is 89.8 Å². The zero-order valence-electron chi connectivity index (χ0n) is 23.2. The second-order valence-electron chi connectivity index (χ2n) is 10.9. The number of halogens is 2. The van der Waals surface area contributed by atoms with Crippen LogP contribution in [0.1, 0.15) is 48.1 Å². The Morgan fingerprint density at radius 3 is 2.26 bits per heavy atom. The number of fused-ring (bicyclic) bond motifs is 5. The third-order valence-corrected chi connectivity index (χ3v) is 9.28. The van der Waals surface area contributed by atoms with E-state index in [9.17, 15) is 18.8 Å². The molecule has 3 atom stereocenters. The van der Waals surface area contributed by atoms with Gasteiger partial charge in [-0.3, -0.25) is 14.4 Å². The smallest absolute Gasteiger partial charge is 0.187 e. The summed E-state index contributed by atoms with van der Waals surface area (Å²) < 4.78 is 25.7. The fourth-order valence-corrected chi connectivity index (χ4v) is 7.42. The number of anilines is 1. The molecule has 2 heterocycles. The first-order chi connectivity index (χ1) is 20.8. The van der Waals surface area contributed by atoms with Gasteiger partial charge in [0.05, 0.1) is 25.3 Å². The Labute approximate surface area is 252 Å². The first-order valence-corrected chi connectivity index (χ1v) is 14.2. The summed E-state index contributed by atoms with van der Waals surface area (Å²) in [7, 11) is 3.01. The van der Waals surface area contributed by atoms with Crippen molar-refractivity contribution in [3.63, 3.8) is 0 Å². The Morgan fingerprint density at radius 1 is 0.884 bits per heavy atom. The molecule has 1 aliphatic carbocycles. The number of carbonyl (C=O) groups excluding carboxylic acids is 3. The third-order valence-electron chi connectivity index (χ3n) is 8.95. The van der Waals surface area contributed by atoms with Crippen molar-refractivity contribution in [2.45, 2.75) is 18.0 Å². The van der Waals surface area contributed by atoms with Gasteiger partial charge in [0.25, 0.3) is 0 Å². The minimum absolute atomic E-state index is 0.240. The van der Waals surface area contributed by atoms with E-state index in [1.165, 1.54) is 26.4 Å². The van der Waals surface area contributed by atoms with E-state index in [-0.39, 0.29) is 27.9 Å². The van der Waals surface area contributed by atoms with Gasteiger partial charge < -0.3 is 14.4 Å². The molecule has 1 spiro atoms. The molecule has 0 N–H and O–H groups in total. The van der Waals surface area contributed by atoms with Crippen LogP contribution in [0.5, 0.6) is 11.5 Å². The number of hydrogen-bond acceptors (Lipinski definition) is 6. The monoisotopic (exact) mass is 593 g/mol. The van der Waals surface area contributed by atoms with Gasteiger partial charge in [-0.25, -0.2) is 4.39 Å². The predicted octanol–water partition coefficient (Wildman–Crippen LogP) is 6.81. The lowest BCUT2D eigenvalue weighted by molar-refractivity contribution is 0.0665. The Balaban J connectivity index is 1.58. The highest BCUT2D eigenvalue weighted by Gasteiger charge is 2.72. The lowest BCUT2D eigenvalue weighted by atomic mass is 9.64. The van der Waals surface area contributed by atoms with Crippen molar-refractivity contribution in [3.8, 4) is 11.5 Å². The van der Waals surface area contributed by atoms with Crippen LogP contribution in [0.3, 0.4) is 0 Å². The van der Waals surface area contributed by atoms with Gasteiger partial charge in [0.2, 0.25) is 0 Å². The molecule has 214 valence electrons. The van der Waals surface area contributed by atoms with Gasteiger partial charge in [-0.15, -0.1) is 0 Å². The molecule has 7 rings (SSSR count). The summed E-state index contributed by atoms with van der Waals surface area (Å²) in [5.41, 5.74) is 0.663. The molecule has 0 bridgehead atoms. The molecule has 0 unspecified atom stereocenters. The zero-order chi connectivity index (χ0) is 30.0. The molecule has 2 aliphatic heterocycles. The fraction of sp³-hybridized carbons (Fsp3) is 0.171. The zero-order valence-corrected chi connectivity index (χ0v) is 24.0. The quantitative estimate of drug-likeness (QED) is 0.187. The summed E-state index contributed by atoms with van der Waals surface area (Å²) >= 11 is 6.59. The van der Waals surface area contributed by atoms with Crippen molar-refractivity contribution < 1.29 is 28.2 Å². The van der Waals surface area contributed by atoms with Crippen LogP contribution in [0.15, 0.2) is 91.0 Å². The molecule has 43 heavy (non-hydrogen) atoms.